The standard InChI is InChI=1S/C27H39N3O2/c1-7-16-30(27(32)24(8-2)21-12-10-9-11-13-21)19-22-18-23(14-15-25(22)29(5)6)28-26(31)17-20(3)4/h9-15,18,20,24H,7-8,16-17,19H2,1-6H3,(H,28,31)/t24-/m1/s1. The van der Waals surface area contributed by atoms with Crippen LogP contribution < -0.4 is 10.2 Å². The van der Waals surface area contributed by atoms with E-state index in [9.17, 15) is 9.59 Å². The first kappa shape index (κ1) is 25.4. The van der Waals surface area contributed by atoms with Crippen LogP contribution in [0.15, 0.2) is 48.5 Å². The molecular weight excluding hydrogens is 398 g/mol. The van der Waals surface area contributed by atoms with Gasteiger partial charge in [0.2, 0.25) is 11.8 Å². The lowest BCUT2D eigenvalue weighted by Gasteiger charge is -2.29. The highest BCUT2D eigenvalue weighted by Gasteiger charge is 2.25. The maximum Gasteiger partial charge on any atom is 0.230 e. The molecule has 2 aromatic rings. The predicted molar refractivity (Wildman–Crippen MR) is 134 cm³/mol. The fraction of sp³-hybridized carbons (Fsp3) is 0.481. The van der Waals surface area contributed by atoms with Crippen LogP contribution in [-0.2, 0) is 16.1 Å². The third-order valence-corrected chi connectivity index (χ3v) is 5.51. The van der Waals surface area contributed by atoms with Crippen molar-refractivity contribution in [3.63, 3.8) is 0 Å². The zero-order chi connectivity index (χ0) is 23.7. The first-order chi connectivity index (χ1) is 15.3. The number of rotatable bonds is 11. The second-order valence-corrected chi connectivity index (χ2v) is 9.02. The predicted octanol–water partition coefficient (Wildman–Crippen LogP) is 5.67. The van der Waals surface area contributed by atoms with Gasteiger partial charge in [-0.25, -0.2) is 0 Å². The van der Waals surface area contributed by atoms with Crippen molar-refractivity contribution in [2.75, 3.05) is 30.9 Å². The van der Waals surface area contributed by atoms with E-state index in [0.717, 1.165) is 35.3 Å². The molecule has 2 aromatic carbocycles. The van der Waals surface area contributed by atoms with Crippen molar-refractivity contribution in [3.05, 3.63) is 59.7 Å². The zero-order valence-corrected chi connectivity index (χ0v) is 20.5. The number of carbonyl (C=O) groups excluding carboxylic acids is 2. The SMILES string of the molecule is CCCN(Cc1cc(NC(=O)CC(C)C)ccc1N(C)C)C(=O)[C@H](CC)c1ccccc1. The van der Waals surface area contributed by atoms with Gasteiger partial charge in [-0.1, -0.05) is 58.0 Å². The van der Waals surface area contributed by atoms with Crippen LogP contribution in [0.2, 0.25) is 0 Å². The summed E-state index contributed by atoms with van der Waals surface area (Å²) in [7, 11) is 4.00. The number of amides is 2. The highest BCUT2D eigenvalue weighted by atomic mass is 16.2. The van der Waals surface area contributed by atoms with Crippen LogP contribution >= 0.6 is 0 Å². The topological polar surface area (TPSA) is 52.7 Å². The highest BCUT2D eigenvalue weighted by molar-refractivity contribution is 5.91. The lowest BCUT2D eigenvalue weighted by molar-refractivity contribution is -0.133. The van der Waals surface area contributed by atoms with Crippen molar-refractivity contribution in [2.24, 2.45) is 5.92 Å². The molecule has 174 valence electrons. The Kier molecular flexibility index (Phi) is 9.76. The zero-order valence-electron chi connectivity index (χ0n) is 20.5. The van der Waals surface area contributed by atoms with E-state index in [1.54, 1.807) is 0 Å². The second-order valence-electron chi connectivity index (χ2n) is 9.02. The summed E-state index contributed by atoms with van der Waals surface area (Å²) in [5.41, 5.74) is 3.91. The highest BCUT2D eigenvalue weighted by Crippen LogP contribution is 2.28. The number of benzene rings is 2. The van der Waals surface area contributed by atoms with E-state index in [1.165, 1.54) is 0 Å². The van der Waals surface area contributed by atoms with Gasteiger partial charge in [0.25, 0.3) is 0 Å². The Morgan fingerprint density at radius 3 is 2.25 bits per heavy atom. The summed E-state index contributed by atoms with van der Waals surface area (Å²) >= 11 is 0. The fourth-order valence-corrected chi connectivity index (χ4v) is 4.01. The summed E-state index contributed by atoms with van der Waals surface area (Å²) in [6.07, 6.45) is 2.13. The monoisotopic (exact) mass is 437 g/mol. The van der Waals surface area contributed by atoms with E-state index in [-0.39, 0.29) is 17.7 Å². The van der Waals surface area contributed by atoms with Gasteiger partial charge in [-0.05, 0) is 48.1 Å². The lowest BCUT2D eigenvalue weighted by Crippen LogP contribution is -2.35. The molecule has 2 rings (SSSR count). The minimum atomic E-state index is -0.153. The van der Waals surface area contributed by atoms with Crippen LogP contribution in [0.3, 0.4) is 0 Å². The van der Waals surface area contributed by atoms with Crippen molar-refractivity contribution in [1.29, 1.82) is 0 Å². The van der Waals surface area contributed by atoms with E-state index >= 15 is 0 Å². The van der Waals surface area contributed by atoms with Gasteiger partial charge in [0, 0.05) is 45.0 Å². The molecule has 0 bridgehead atoms. The van der Waals surface area contributed by atoms with E-state index in [2.05, 4.69) is 24.1 Å². The summed E-state index contributed by atoms with van der Waals surface area (Å²) in [6.45, 7) is 9.43. The average Bonchev–Trinajstić information content (AvgIpc) is 2.74. The van der Waals surface area contributed by atoms with Gasteiger partial charge in [0.15, 0.2) is 0 Å². The third kappa shape index (κ3) is 7.11. The molecule has 1 N–H and O–H groups in total. The van der Waals surface area contributed by atoms with Crippen molar-refractivity contribution in [2.45, 2.75) is 59.4 Å². The molecule has 32 heavy (non-hydrogen) atoms. The molecule has 1 atom stereocenters. The molecule has 0 radical (unpaired) electrons. The third-order valence-electron chi connectivity index (χ3n) is 5.51. The molecule has 0 aromatic heterocycles. The van der Waals surface area contributed by atoms with Gasteiger partial charge in [-0.15, -0.1) is 0 Å². The minimum Gasteiger partial charge on any atom is -0.377 e. The van der Waals surface area contributed by atoms with Crippen molar-refractivity contribution in [3.8, 4) is 0 Å². The Morgan fingerprint density at radius 1 is 1.00 bits per heavy atom. The Bertz CT molecular complexity index is 878. The van der Waals surface area contributed by atoms with Crippen molar-refractivity contribution >= 4 is 23.2 Å². The molecular formula is C27H39N3O2. The Labute approximate surface area is 193 Å². The molecule has 0 unspecified atom stereocenters. The molecule has 0 aliphatic rings. The number of hydrogen-bond donors (Lipinski definition) is 1. The normalized spacial score (nSPS) is 11.8. The summed E-state index contributed by atoms with van der Waals surface area (Å²) in [6, 6.07) is 16.0. The van der Waals surface area contributed by atoms with Gasteiger partial charge >= 0.3 is 0 Å². The number of carbonyl (C=O) groups is 2. The molecule has 0 fully saturated rings. The molecule has 0 aliphatic heterocycles. The van der Waals surface area contributed by atoms with Gasteiger partial charge in [0.1, 0.15) is 0 Å². The van der Waals surface area contributed by atoms with Gasteiger partial charge < -0.3 is 15.1 Å². The van der Waals surface area contributed by atoms with Gasteiger partial charge in [-0.3, -0.25) is 9.59 Å². The fourth-order valence-electron chi connectivity index (χ4n) is 4.01. The van der Waals surface area contributed by atoms with E-state index in [4.69, 9.17) is 0 Å². The van der Waals surface area contributed by atoms with Gasteiger partial charge in [0.05, 0.1) is 5.92 Å². The van der Waals surface area contributed by atoms with E-state index in [0.29, 0.717) is 25.4 Å². The Hall–Kier alpha value is -2.82. The summed E-state index contributed by atoms with van der Waals surface area (Å²) in [4.78, 5) is 29.9. The average molecular weight is 438 g/mol. The first-order valence-electron chi connectivity index (χ1n) is 11.7. The molecule has 0 aliphatic carbocycles. The summed E-state index contributed by atoms with van der Waals surface area (Å²) < 4.78 is 0. The number of nitrogens with one attached hydrogen (secondary N) is 1. The van der Waals surface area contributed by atoms with Crippen LogP contribution in [0, 0.1) is 5.92 Å². The molecule has 0 saturated heterocycles. The van der Waals surface area contributed by atoms with Crippen LogP contribution in [0.1, 0.15) is 64.0 Å². The molecule has 2 amide bonds. The Morgan fingerprint density at radius 2 is 1.69 bits per heavy atom. The second kappa shape index (κ2) is 12.3. The quantitative estimate of drug-likeness (QED) is 0.493. The number of nitrogens with zero attached hydrogens (tertiary/aromatic N) is 2. The molecule has 5 heteroatoms. The summed E-state index contributed by atoms with van der Waals surface area (Å²) in [5, 5.41) is 3.01. The summed E-state index contributed by atoms with van der Waals surface area (Å²) in [5.74, 6) is 0.316. The van der Waals surface area contributed by atoms with Crippen LogP contribution in [0.4, 0.5) is 11.4 Å². The smallest absolute Gasteiger partial charge is 0.230 e. The number of hydrogen-bond acceptors (Lipinski definition) is 3. The maximum atomic E-state index is 13.6. The van der Waals surface area contributed by atoms with Crippen molar-refractivity contribution in [1.82, 2.24) is 4.90 Å². The van der Waals surface area contributed by atoms with Crippen molar-refractivity contribution < 1.29 is 9.59 Å². The minimum absolute atomic E-state index is 0.0140. The lowest BCUT2D eigenvalue weighted by atomic mass is 9.94. The largest absolute Gasteiger partial charge is 0.377 e. The number of anilines is 2. The Balaban J connectivity index is 2.32. The molecule has 0 heterocycles. The molecule has 0 saturated carbocycles. The maximum absolute atomic E-state index is 13.6. The van der Waals surface area contributed by atoms with Gasteiger partial charge in [-0.2, -0.15) is 0 Å². The van der Waals surface area contributed by atoms with E-state index in [1.807, 2.05) is 81.4 Å². The van der Waals surface area contributed by atoms with Crippen LogP contribution in [0.5, 0.6) is 0 Å². The van der Waals surface area contributed by atoms with E-state index < -0.39 is 0 Å². The molecule has 5 nitrogen and oxygen atoms in total. The molecule has 0 spiro atoms. The van der Waals surface area contributed by atoms with Crippen LogP contribution in [0.25, 0.3) is 0 Å². The van der Waals surface area contributed by atoms with Crippen LogP contribution in [-0.4, -0.2) is 37.4 Å². The first-order valence-corrected chi connectivity index (χ1v) is 11.7.